The smallest absolute Gasteiger partial charge is 0.264 e. The normalized spacial score (nSPS) is 12.2. The molecule has 0 saturated heterocycles. The summed E-state index contributed by atoms with van der Waals surface area (Å²) in [5.41, 5.74) is 1.70. The summed E-state index contributed by atoms with van der Waals surface area (Å²) >= 11 is 5.97. The Morgan fingerprint density at radius 1 is 0.974 bits per heavy atom. The number of halogens is 2. The van der Waals surface area contributed by atoms with E-state index in [9.17, 15) is 22.4 Å². The SMILES string of the molecule is Cc1cccc(N(CC(=O)N(Cc2ccc(F)cc2)[C@@H](C)C(=O)NCC(C)C)S(=O)(=O)c2ccc(Cl)cc2)c1. The lowest BCUT2D eigenvalue weighted by Gasteiger charge is -2.32. The zero-order valence-electron chi connectivity index (χ0n) is 22.4. The van der Waals surface area contributed by atoms with Crippen molar-refractivity contribution in [2.24, 2.45) is 5.92 Å². The fraction of sp³-hybridized carbons (Fsp3) is 0.310. The topological polar surface area (TPSA) is 86.8 Å². The first-order valence-corrected chi connectivity index (χ1v) is 14.4. The molecule has 0 unspecified atom stereocenters. The number of aryl methyl sites for hydroxylation is 1. The highest BCUT2D eigenvalue weighted by Crippen LogP contribution is 2.26. The molecule has 208 valence electrons. The van der Waals surface area contributed by atoms with E-state index in [2.05, 4.69) is 5.32 Å². The third-order valence-electron chi connectivity index (χ3n) is 6.09. The first kappa shape index (κ1) is 30.1. The molecule has 0 aromatic heterocycles. The van der Waals surface area contributed by atoms with Gasteiger partial charge in [-0.05, 0) is 79.4 Å². The summed E-state index contributed by atoms with van der Waals surface area (Å²) in [5, 5.41) is 3.20. The molecule has 10 heteroatoms. The van der Waals surface area contributed by atoms with E-state index < -0.39 is 34.3 Å². The van der Waals surface area contributed by atoms with Gasteiger partial charge in [0.2, 0.25) is 11.8 Å². The predicted molar refractivity (Wildman–Crippen MR) is 151 cm³/mol. The number of carbonyl (C=O) groups excluding carboxylic acids is 2. The molecule has 1 atom stereocenters. The van der Waals surface area contributed by atoms with Crippen LogP contribution in [0.1, 0.15) is 31.9 Å². The molecule has 0 aliphatic rings. The summed E-state index contributed by atoms with van der Waals surface area (Å²) < 4.78 is 42.1. The number of nitrogens with zero attached hydrogens (tertiary/aromatic N) is 2. The van der Waals surface area contributed by atoms with Gasteiger partial charge in [0.05, 0.1) is 10.6 Å². The van der Waals surface area contributed by atoms with E-state index in [0.29, 0.717) is 22.8 Å². The molecule has 2 amide bonds. The Hall–Kier alpha value is -3.43. The van der Waals surface area contributed by atoms with Crippen LogP contribution in [0.15, 0.2) is 77.7 Å². The standard InChI is InChI=1S/C29H33ClFN3O4S/c1-20(2)17-32-29(36)22(4)33(18-23-8-12-25(31)13-9-23)28(35)19-34(26-7-5-6-21(3)16-26)39(37,38)27-14-10-24(30)11-15-27/h5-16,20,22H,17-19H2,1-4H3,(H,32,36)/t22-/m0/s1. The molecule has 3 aromatic rings. The average molecular weight is 574 g/mol. The fourth-order valence-corrected chi connectivity index (χ4v) is 5.40. The van der Waals surface area contributed by atoms with E-state index >= 15 is 0 Å². The number of benzene rings is 3. The van der Waals surface area contributed by atoms with E-state index in [1.54, 1.807) is 25.1 Å². The number of carbonyl (C=O) groups is 2. The molecule has 0 aliphatic heterocycles. The summed E-state index contributed by atoms with van der Waals surface area (Å²) in [6.45, 7) is 7.15. The lowest BCUT2D eigenvalue weighted by molar-refractivity contribution is -0.139. The second-order valence-corrected chi connectivity index (χ2v) is 12.1. The number of amides is 2. The third kappa shape index (κ3) is 8.03. The Morgan fingerprint density at radius 2 is 1.62 bits per heavy atom. The lowest BCUT2D eigenvalue weighted by atomic mass is 10.1. The van der Waals surface area contributed by atoms with Crippen molar-refractivity contribution in [2.45, 2.75) is 45.2 Å². The number of hydrogen-bond donors (Lipinski definition) is 1. The monoisotopic (exact) mass is 573 g/mol. The summed E-state index contributed by atoms with van der Waals surface area (Å²) in [6.07, 6.45) is 0. The molecule has 0 spiro atoms. The molecule has 0 heterocycles. The van der Waals surface area contributed by atoms with Gasteiger partial charge in [0.15, 0.2) is 0 Å². The Kier molecular flexibility index (Phi) is 10.1. The molecule has 0 bridgehead atoms. The Labute approximate surface area is 234 Å². The maximum absolute atomic E-state index is 13.8. The molecule has 1 N–H and O–H groups in total. The van der Waals surface area contributed by atoms with Crippen molar-refractivity contribution in [1.82, 2.24) is 10.2 Å². The largest absolute Gasteiger partial charge is 0.354 e. The van der Waals surface area contributed by atoms with E-state index in [-0.39, 0.29) is 23.3 Å². The first-order chi connectivity index (χ1) is 18.4. The number of anilines is 1. The van der Waals surface area contributed by atoms with Crippen molar-refractivity contribution >= 4 is 39.1 Å². The Balaban J connectivity index is 2.01. The van der Waals surface area contributed by atoms with Crippen LogP contribution in [0.3, 0.4) is 0 Å². The van der Waals surface area contributed by atoms with Crippen LogP contribution in [0.4, 0.5) is 10.1 Å². The Morgan fingerprint density at radius 3 is 2.21 bits per heavy atom. The third-order valence-corrected chi connectivity index (χ3v) is 8.13. The molecule has 39 heavy (non-hydrogen) atoms. The number of sulfonamides is 1. The van der Waals surface area contributed by atoms with Gasteiger partial charge in [-0.1, -0.05) is 49.7 Å². The lowest BCUT2D eigenvalue weighted by Crippen LogP contribution is -2.51. The highest BCUT2D eigenvalue weighted by Gasteiger charge is 2.32. The Bertz CT molecular complexity index is 1400. The van der Waals surface area contributed by atoms with Gasteiger partial charge < -0.3 is 10.2 Å². The summed E-state index contributed by atoms with van der Waals surface area (Å²) in [4.78, 5) is 28.1. The van der Waals surface area contributed by atoms with Crippen molar-refractivity contribution in [3.63, 3.8) is 0 Å². The van der Waals surface area contributed by atoms with Gasteiger partial charge in [-0.3, -0.25) is 13.9 Å². The number of rotatable bonds is 11. The first-order valence-electron chi connectivity index (χ1n) is 12.5. The quantitative estimate of drug-likeness (QED) is 0.343. The van der Waals surface area contributed by atoms with Crippen LogP contribution in [0.2, 0.25) is 5.02 Å². The van der Waals surface area contributed by atoms with Crippen molar-refractivity contribution < 1.29 is 22.4 Å². The van der Waals surface area contributed by atoms with Gasteiger partial charge in [-0.15, -0.1) is 0 Å². The molecule has 0 fully saturated rings. The molecule has 3 rings (SSSR count). The van der Waals surface area contributed by atoms with Crippen molar-refractivity contribution in [3.8, 4) is 0 Å². The zero-order chi connectivity index (χ0) is 28.7. The van der Waals surface area contributed by atoms with Gasteiger partial charge in [-0.2, -0.15) is 0 Å². The molecular formula is C29H33ClFN3O4S. The molecule has 0 aliphatic carbocycles. The average Bonchev–Trinajstić information content (AvgIpc) is 2.89. The minimum absolute atomic E-state index is 0.0158. The highest BCUT2D eigenvalue weighted by molar-refractivity contribution is 7.92. The highest BCUT2D eigenvalue weighted by atomic mass is 35.5. The van der Waals surface area contributed by atoms with E-state index in [1.165, 1.54) is 53.4 Å². The van der Waals surface area contributed by atoms with Crippen LogP contribution in [-0.2, 0) is 26.2 Å². The van der Waals surface area contributed by atoms with Gasteiger partial charge in [0.1, 0.15) is 18.4 Å². The number of nitrogens with one attached hydrogen (secondary N) is 1. The van der Waals surface area contributed by atoms with E-state index in [1.807, 2.05) is 26.8 Å². The van der Waals surface area contributed by atoms with Gasteiger partial charge in [0, 0.05) is 18.1 Å². The van der Waals surface area contributed by atoms with E-state index in [4.69, 9.17) is 11.6 Å². The van der Waals surface area contributed by atoms with Crippen LogP contribution in [0.5, 0.6) is 0 Å². The second-order valence-electron chi connectivity index (χ2n) is 9.77. The van der Waals surface area contributed by atoms with Gasteiger partial charge in [-0.25, -0.2) is 12.8 Å². The summed E-state index contributed by atoms with van der Waals surface area (Å²) in [6, 6.07) is 17.2. The maximum Gasteiger partial charge on any atom is 0.264 e. The molecule has 0 radical (unpaired) electrons. The van der Waals surface area contributed by atoms with E-state index in [0.717, 1.165) is 9.87 Å². The van der Waals surface area contributed by atoms with Crippen molar-refractivity contribution in [3.05, 3.63) is 94.8 Å². The van der Waals surface area contributed by atoms with Gasteiger partial charge >= 0.3 is 0 Å². The maximum atomic E-state index is 13.8. The van der Waals surface area contributed by atoms with Crippen molar-refractivity contribution in [2.75, 3.05) is 17.4 Å². The van der Waals surface area contributed by atoms with Gasteiger partial charge in [0.25, 0.3) is 10.0 Å². The van der Waals surface area contributed by atoms with Crippen molar-refractivity contribution in [1.29, 1.82) is 0 Å². The van der Waals surface area contributed by atoms with Crippen LogP contribution in [0.25, 0.3) is 0 Å². The predicted octanol–water partition coefficient (Wildman–Crippen LogP) is 5.17. The molecule has 7 nitrogen and oxygen atoms in total. The summed E-state index contributed by atoms with van der Waals surface area (Å²) in [5.74, 6) is -1.20. The van der Waals surface area contributed by atoms with Crippen LogP contribution in [0, 0.1) is 18.7 Å². The minimum Gasteiger partial charge on any atom is -0.354 e. The summed E-state index contributed by atoms with van der Waals surface area (Å²) in [7, 11) is -4.19. The second kappa shape index (κ2) is 13.1. The number of hydrogen-bond acceptors (Lipinski definition) is 4. The molecular weight excluding hydrogens is 541 g/mol. The van der Waals surface area contributed by atoms with Crippen LogP contribution >= 0.6 is 11.6 Å². The fourth-order valence-electron chi connectivity index (χ4n) is 3.87. The minimum atomic E-state index is -4.19. The molecule has 3 aromatic carbocycles. The van der Waals surface area contributed by atoms with Crippen LogP contribution < -0.4 is 9.62 Å². The van der Waals surface area contributed by atoms with Crippen LogP contribution in [-0.4, -0.2) is 44.3 Å². The molecule has 0 saturated carbocycles. The zero-order valence-corrected chi connectivity index (χ0v) is 24.0.